The minimum atomic E-state index is -4.37. The first-order valence-corrected chi connectivity index (χ1v) is 4.99. The fourth-order valence-electron chi connectivity index (χ4n) is 0.625. The van der Waals surface area contributed by atoms with Crippen LogP contribution in [-0.4, -0.2) is 39.0 Å². The van der Waals surface area contributed by atoms with E-state index in [1.54, 1.807) is 0 Å². The Morgan fingerprint density at radius 3 is 2.17 bits per heavy atom. The molecule has 0 aromatic carbocycles. The van der Waals surface area contributed by atoms with Gasteiger partial charge in [-0.25, -0.2) is 0 Å². The summed E-state index contributed by atoms with van der Waals surface area (Å²) < 4.78 is 10.5. The van der Waals surface area contributed by atoms with E-state index in [9.17, 15) is 9.36 Å². The molecule has 0 bridgehead atoms. The molecule has 0 aromatic heterocycles. The van der Waals surface area contributed by atoms with Crippen molar-refractivity contribution in [3.63, 3.8) is 0 Å². The highest BCUT2D eigenvalue weighted by molar-refractivity contribution is 7.51. The van der Waals surface area contributed by atoms with E-state index in [1.807, 2.05) is 0 Å². The first-order valence-electron chi connectivity index (χ1n) is 3.19. The Kier molecular flexibility index (Phi) is 3.56. The van der Waals surface area contributed by atoms with Crippen molar-refractivity contribution in [2.45, 2.75) is 18.6 Å². The molecule has 0 aliphatic rings. The van der Waals surface area contributed by atoms with E-state index in [0.29, 0.717) is 0 Å². The van der Waals surface area contributed by atoms with Crippen molar-refractivity contribution in [3.8, 4) is 0 Å². The SMILES string of the molecule is C[C@@H](O)[C@](N)(C=O)CP(=O)(O)O. The van der Waals surface area contributed by atoms with Gasteiger partial charge < -0.3 is 25.4 Å². The van der Waals surface area contributed by atoms with Crippen molar-refractivity contribution >= 4 is 13.9 Å². The standard InChI is InChI=1S/C5H12NO5P/c1-4(8)5(6,2-7)3-12(9,10)11/h2,4,8H,3,6H2,1H3,(H2,9,10,11)/t4-,5+/m1/s1. The Bertz CT molecular complexity index is 212. The van der Waals surface area contributed by atoms with Crippen LogP contribution in [0.5, 0.6) is 0 Å². The molecule has 12 heavy (non-hydrogen) atoms. The average Bonchev–Trinajstić information content (AvgIpc) is 1.83. The number of hydrogen-bond donors (Lipinski definition) is 4. The third-order valence-electron chi connectivity index (χ3n) is 1.48. The number of aliphatic hydroxyl groups excluding tert-OH is 1. The van der Waals surface area contributed by atoms with E-state index < -0.39 is 25.4 Å². The third kappa shape index (κ3) is 3.42. The fourth-order valence-corrected chi connectivity index (χ4v) is 1.68. The van der Waals surface area contributed by atoms with Crippen LogP contribution < -0.4 is 5.73 Å². The van der Waals surface area contributed by atoms with Crippen molar-refractivity contribution in [2.24, 2.45) is 5.73 Å². The fraction of sp³-hybridized carbons (Fsp3) is 0.800. The van der Waals surface area contributed by atoms with E-state index >= 15 is 0 Å². The largest absolute Gasteiger partial charge is 0.391 e. The van der Waals surface area contributed by atoms with Gasteiger partial charge in [0, 0.05) is 0 Å². The van der Waals surface area contributed by atoms with Gasteiger partial charge >= 0.3 is 7.60 Å². The molecule has 0 rings (SSSR count). The van der Waals surface area contributed by atoms with Crippen molar-refractivity contribution in [1.29, 1.82) is 0 Å². The van der Waals surface area contributed by atoms with E-state index in [1.165, 1.54) is 6.92 Å². The molecule has 0 aliphatic heterocycles. The number of aliphatic hydroxyl groups is 1. The summed E-state index contributed by atoms with van der Waals surface area (Å²) in [4.78, 5) is 27.3. The lowest BCUT2D eigenvalue weighted by molar-refractivity contribution is -0.114. The van der Waals surface area contributed by atoms with Crippen LogP contribution in [0.15, 0.2) is 0 Å². The van der Waals surface area contributed by atoms with Gasteiger partial charge in [-0.2, -0.15) is 0 Å². The zero-order valence-corrected chi connectivity index (χ0v) is 7.44. The maximum atomic E-state index is 10.5. The van der Waals surface area contributed by atoms with Gasteiger partial charge in [0.25, 0.3) is 0 Å². The monoisotopic (exact) mass is 197 g/mol. The van der Waals surface area contributed by atoms with Crippen LogP contribution in [0.4, 0.5) is 0 Å². The van der Waals surface area contributed by atoms with E-state index in [4.69, 9.17) is 20.6 Å². The number of hydrogen-bond acceptors (Lipinski definition) is 4. The number of carbonyl (C=O) groups excluding carboxylic acids is 1. The molecule has 72 valence electrons. The van der Waals surface area contributed by atoms with Gasteiger partial charge in [0.15, 0.2) is 0 Å². The second kappa shape index (κ2) is 3.64. The molecular weight excluding hydrogens is 185 g/mol. The number of aldehydes is 1. The van der Waals surface area contributed by atoms with Crippen LogP contribution in [-0.2, 0) is 9.36 Å². The lowest BCUT2D eigenvalue weighted by atomic mass is 10.00. The van der Waals surface area contributed by atoms with Gasteiger partial charge in [0.2, 0.25) is 0 Å². The molecule has 0 aliphatic carbocycles. The second-order valence-corrected chi connectivity index (χ2v) is 4.37. The van der Waals surface area contributed by atoms with Gasteiger partial charge in [0.1, 0.15) is 11.8 Å². The molecule has 0 heterocycles. The van der Waals surface area contributed by atoms with E-state index in [2.05, 4.69) is 0 Å². The molecule has 0 saturated heterocycles. The molecule has 6 nitrogen and oxygen atoms in total. The van der Waals surface area contributed by atoms with Crippen LogP contribution >= 0.6 is 7.60 Å². The Balaban J connectivity index is 4.57. The molecule has 7 heteroatoms. The Labute approximate surface area is 69.5 Å². The summed E-state index contributed by atoms with van der Waals surface area (Å²) in [5.74, 6) is 0. The molecular formula is C5H12NO5P. The lowest BCUT2D eigenvalue weighted by Gasteiger charge is -2.25. The predicted molar refractivity (Wildman–Crippen MR) is 41.6 cm³/mol. The highest BCUT2D eigenvalue weighted by Gasteiger charge is 2.37. The zero-order chi connectivity index (χ0) is 9.99. The van der Waals surface area contributed by atoms with Gasteiger partial charge in [-0.3, -0.25) is 4.57 Å². The van der Waals surface area contributed by atoms with Gasteiger partial charge in [-0.15, -0.1) is 0 Å². The highest BCUT2D eigenvalue weighted by Crippen LogP contribution is 2.37. The molecule has 0 saturated carbocycles. The molecule has 0 aromatic rings. The Hall–Kier alpha value is -0.260. The van der Waals surface area contributed by atoms with Crippen molar-refractivity contribution in [1.82, 2.24) is 0 Å². The number of carbonyl (C=O) groups is 1. The summed E-state index contributed by atoms with van der Waals surface area (Å²) >= 11 is 0. The molecule has 0 radical (unpaired) electrons. The Morgan fingerprint density at radius 2 is 2.08 bits per heavy atom. The molecule has 0 unspecified atom stereocenters. The van der Waals surface area contributed by atoms with Crippen LogP contribution in [0.3, 0.4) is 0 Å². The summed E-state index contributed by atoms with van der Waals surface area (Å²) in [6.07, 6.45) is -1.99. The maximum absolute atomic E-state index is 10.5. The van der Waals surface area contributed by atoms with Crippen LogP contribution in [0.25, 0.3) is 0 Å². The smallest absolute Gasteiger partial charge is 0.327 e. The summed E-state index contributed by atoms with van der Waals surface area (Å²) in [7, 11) is -4.37. The first-order chi connectivity index (χ1) is 5.21. The summed E-state index contributed by atoms with van der Waals surface area (Å²) in [5, 5.41) is 8.94. The van der Waals surface area contributed by atoms with E-state index in [0.717, 1.165) is 0 Å². The summed E-state index contributed by atoms with van der Waals surface area (Å²) in [6.45, 7) is 1.20. The summed E-state index contributed by atoms with van der Waals surface area (Å²) in [5.41, 5.74) is 3.35. The predicted octanol–water partition coefficient (Wildman–Crippen LogP) is -1.56. The number of nitrogens with two attached hydrogens (primary N) is 1. The maximum Gasteiger partial charge on any atom is 0.327 e. The molecule has 0 amide bonds. The Morgan fingerprint density at radius 1 is 1.67 bits per heavy atom. The van der Waals surface area contributed by atoms with Crippen molar-refractivity contribution in [2.75, 3.05) is 6.16 Å². The van der Waals surface area contributed by atoms with Crippen molar-refractivity contribution in [3.05, 3.63) is 0 Å². The highest BCUT2D eigenvalue weighted by atomic mass is 31.2. The van der Waals surface area contributed by atoms with Gasteiger partial charge in [0.05, 0.1) is 12.3 Å². The second-order valence-electron chi connectivity index (χ2n) is 2.73. The molecule has 0 fully saturated rings. The minimum absolute atomic E-state index is 0.150. The van der Waals surface area contributed by atoms with Crippen LogP contribution in [0.1, 0.15) is 6.92 Å². The molecule has 0 spiro atoms. The van der Waals surface area contributed by atoms with E-state index in [-0.39, 0.29) is 6.29 Å². The molecule has 2 atom stereocenters. The van der Waals surface area contributed by atoms with Gasteiger partial charge in [-0.1, -0.05) is 0 Å². The first kappa shape index (κ1) is 11.7. The zero-order valence-electron chi connectivity index (χ0n) is 6.54. The van der Waals surface area contributed by atoms with Crippen LogP contribution in [0, 0.1) is 0 Å². The summed E-state index contributed by atoms with van der Waals surface area (Å²) in [6, 6.07) is 0. The van der Waals surface area contributed by atoms with Crippen molar-refractivity contribution < 1.29 is 24.3 Å². The average molecular weight is 197 g/mol. The lowest BCUT2D eigenvalue weighted by Crippen LogP contribution is -2.54. The normalized spacial score (nSPS) is 19.8. The quantitative estimate of drug-likeness (QED) is 0.319. The molecule has 5 N–H and O–H groups in total. The topological polar surface area (TPSA) is 121 Å². The third-order valence-corrected chi connectivity index (χ3v) is 2.44. The number of rotatable bonds is 4. The minimum Gasteiger partial charge on any atom is -0.391 e. The van der Waals surface area contributed by atoms with Gasteiger partial charge in [-0.05, 0) is 6.92 Å². The van der Waals surface area contributed by atoms with Crippen LogP contribution in [0.2, 0.25) is 0 Å².